The third kappa shape index (κ3) is 5.82. The molecule has 1 aliphatic carbocycles. The highest BCUT2D eigenvalue weighted by atomic mass is 16.5. The van der Waals surface area contributed by atoms with E-state index in [2.05, 4.69) is 16.7 Å². The van der Waals surface area contributed by atoms with Crippen LogP contribution < -0.4 is 15.4 Å². The van der Waals surface area contributed by atoms with Crippen molar-refractivity contribution in [1.82, 2.24) is 10.6 Å². The van der Waals surface area contributed by atoms with E-state index in [1.165, 1.54) is 0 Å². The van der Waals surface area contributed by atoms with Crippen LogP contribution in [0.25, 0.3) is 0 Å². The van der Waals surface area contributed by atoms with Gasteiger partial charge in [-0.3, -0.25) is 4.79 Å². The van der Waals surface area contributed by atoms with Crippen molar-refractivity contribution in [3.8, 4) is 5.75 Å². The highest BCUT2D eigenvalue weighted by Crippen LogP contribution is 2.42. The fourth-order valence-corrected chi connectivity index (χ4v) is 4.62. The molecule has 5 atom stereocenters. The minimum atomic E-state index is -0.740. The van der Waals surface area contributed by atoms with Gasteiger partial charge in [-0.1, -0.05) is 55.5 Å². The second kappa shape index (κ2) is 11.0. The summed E-state index contributed by atoms with van der Waals surface area (Å²) in [7, 11) is 1.66. The van der Waals surface area contributed by atoms with E-state index in [1.807, 2.05) is 61.5 Å². The van der Waals surface area contributed by atoms with Crippen molar-refractivity contribution < 1.29 is 19.4 Å². The number of nitrogens with one attached hydrogen (secondary N) is 2. The number of hydrogen-bond donors (Lipinski definition) is 3. The molecule has 0 saturated carbocycles. The van der Waals surface area contributed by atoms with Crippen molar-refractivity contribution in [3.05, 3.63) is 77.4 Å². The van der Waals surface area contributed by atoms with Gasteiger partial charge in [-0.2, -0.15) is 0 Å². The largest absolute Gasteiger partial charge is 0.497 e. The summed E-state index contributed by atoms with van der Waals surface area (Å²) in [4.78, 5) is 12.8. The molecule has 4 rings (SSSR count). The minimum Gasteiger partial charge on any atom is -0.497 e. The van der Waals surface area contributed by atoms with E-state index in [0.717, 1.165) is 28.9 Å². The average Bonchev–Trinajstić information content (AvgIpc) is 3.18. The number of ether oxygens (including phenoxy) is 2. The monoisotopic (exact) mass is 450 g/mol. The molecule has 33 heavy (non-hydrogen) atoms. The first-order valence-electron chi connectivity index (χ1n) is 11.8. The normalized spacial score (nSPS) is 28.3. The zero-order valence-electron chi connectivity index (χ0n) is 19.4. The van der Waals surface area contributed by atoms with Crippen LogP contribution in [-0.2, 0) is 16.0 Å². The van der Waals surface area contributed by atoms with E-state index in [0.29, 0.717) is 26.0 Å². The number of rotatable bonds is 3. The van der Waals surface area contributed by atoms with Crippen molar-refractivity contribution in [2.24, 2.45) is 5.92 Å². The van der Waals surface area contributed by atoms with Crippen LogP contribution in [0.3, 0.4) is 0 Å². The molecule has 6 nitrogen and oxygen atoms in total. The third-order valence-corrected chi connectivity index (χ3v) is 6.63. The number of methoxy groups -OCH3 is 1. The van der Waals surface area contributed by atoms with Gasteiger partial charge in [-0.05, 0) is 48.1 Å². The Morgan fingerprint density at radius 1 is 1.12 bits per heavy atom. The summed E-state index contributed by atoms with van der Waals surface area (Å²) in [5, 5.41) is 17.8. The van der Waals surface area contributed by atoms with E-state index in [1.54, 1.807) is 7.11 Å². The van der Waals surface area contributed by atoms with E-state index < -0.39 is 6.10 Å². The van der Waals surface area contributed by atoms with Crippen LogP contribution in [-0.4, -0.2) is 43.4 Å². The number of aliphatic hydroxyl groups excluding tert-OH is 1. The molecule has 3 N–H and O–H groups in total. The molecule has 1 heterocycles. The lowest BCUT2D eigenvalue weighted by Gasteiger charge is -2.27. The van der Waals surface area contributed by atoms with Crippen LogP contribution in [0.15, 0.2) is 60.7 Å². The molecule has 2 aliphatic rings. The molecule has 2 aromatic carbocycles. The SMILES string of the molecule is COc1ccc2c(c1)[C@@H]1C[C@H]2OCC=CCC(C)C(=O)N[C@@H](Cc2ccccc2)[C@H](O)CN1. The van der Waals surface area contributed by atoms with Gasteiger partial charge in [0.15, 0.2) is 0 Å². The predicted octanol–water partition coefficient (Wildman–Crippen LogP) is 3.47. The Labute approximate surface area is 196 Å². The Morgan fingerprint density at radius 2 is 1.94 bits per heavy atom. The molecule has 0 aromatic heterocycles. The first kappa shape index (κ1) is 23.5. The van der Waals surface area contributed by atoms with Gasteiger partial charge in [-0.15, -0.1) is 0 Å². The van der Waals surface area contributed by atoms with E-state index in [9.17, 15) is 9.90 Å². The van der Waals surface area contributed by atoms with E-state index in [4.69, 9.17) is 9.47 Å². The number of β-amino-alcohol motifs (C(OH)–C–C–N with tert-alkyl or cyclic N) is 1. The Kier molecular flexibility index (Phi) is 7.81. The highest BCUT2D eigenvalue weighted by molar-refractivity contribution is 5.78. The van der Waals surface area contributed by atoms with Gasteiger partial charge in [0.25, 0.3) is 0 Å². The molecule has 1 unspecified atom stereocenters. The van der Waals surface area contributed by atoms with Crippen molar-refractivity contribution in [2.75, 3.05) is 20.3 Å². The molecular weight excluding hydrogens is 416 g/mol. The maximum absolute atomic E-state index is 12.8. The van der Waals surface area contributed by atoms with Gasteiger partial charge >= 0.3 is 0 Å². The van der Waals surface area contributed by atoms with E-state index in [-0.39, 0.29) is 30.0 Å². The molecule has 2 aromatic rings. The van der Waals surface area contributed by atoms with Gasteiger partial charge in [0.2, 0.25) is 5.91 Å². The number of fused-ring (bicyclic) bond motifs is 5. The molecule has 0 radical (unpaired) electrons. The zero-order chi connectivity index (χ0) is 23.2. The summed E-state index contributed by atoms with van der Waals surface area (Å²) >= 11 is 0. The molecular formula is C27H34N2O4. The molecule has 0 spiro atoms. The molecule has 6 heteroatoms. The number of benzene rings is 2. The molecule has 176 valence electrons. The van der Waals surface area contributed by atoms with Crippen LogP contribution in [0, 0.1) is 5.92 Å². The first-order chi connectivity index (χ1) is 16.0. The summed E-state index contributed by atoms with van der Waals surface area (Å²) in [6.07, 6.45) is 5.22. The fourth-order valence-electron chi connectivity index (χ4n) is 4.62. The topological polar surface area (TPSA) is 79.8 Å². The van der Waals surface area contributed by atoms with Crippen molar-refractivity contribution in [3.63, 3.8) is 0 Å². The average molecular weight is 451 g/mol. The zero-order valence-corrected chi connectivity index (χ0v) is 19.4. The van der Waals surface area contributed by atoms with Crippen molar-refractivity contribution in [1.29, 1.82) is 0 Å². The Morgan fingerprint density at radius 3 is 2.73 bits per heavy atom. The summed E-state index contributed by atoms with van der Waals surface area (Å²) in [5.41, 5.74) is 3.38. The standard InChI is InChI=1S/C27H34N2O4/c1-18-8-6-7-13-33-26-16-23(22-15-20(32-2)11-12-21(22)26)28-17-25(30)24(29-27(18)31)14-19-9-4-3-5-10-19/h3-7,9-12,15,18,23-26,28,30H,8,13-14,16-17H2,1-2H3,(H,29,31)/t18?,23-,24-,25+,26+/m0/s1. The molecule has 1 aliphatic heterocycles. The smallest absolute Gasteiger partial charge is 0.223 e. The number of amides is 1. The molecule has 0 saturated heterocycles. The maximum Gasteiger partial charge on any atom is 0.223 e. The van der Waals surface area contributed by atoms with E-state index >= 15 is 0 Å². The Bertz CT molecular complexity index is 962. The Hall–Kier alpha value is -2.67. The number of carbonyl (C=O) groups excluding carboxylic acids is 1. The second-order valence-electron chi connectivity index (χ2n) is 8.99. The molecule has 0 fully saturated rings. The minimum absolute atomic E-state index is 0.0207. The third-order valence-electron chi connectivity index (χ3n) is 6.63. The van der Waals surface area contributed by atoms with Gasteiger partial charge in [0, 0.05) is 18.5 Å². The number of aliphatic hydroxyl groups is 1. The summed E-state index contributed by atoms with van der Waals surface area (Å²) in [5.74, 6) is 0.570. The Balaban J connectivity index is 1.57. The van der Waals surface area contributed by atoms with Crippen LogP contribution in [0.4, 0.5) is 0 Å². The van der Waals surface area contributed by atoms with Crippen LogP contribution >= 0.6 is 0 Å². The lowest BCUT2D eigenvalue weighted by molar-refractivity contribution is -0.126. The van der Waals surface area contributed by atoms with Crippen molar-refractivity contribution >= 4 is 5.91 Å². The lowest BCUT2D eigenvalue weighted by atomic mass is 9.98. The number of carbonyl (C=O) groups is 1. The van der Waals surface area contributed by atoms with Crippen LogP contribution in [0.2, 0.25) is 0 Å². The second-order valence-corrected chi connectivity index (χ2v) is 8.99. The maximum atomic E-state index is 12.8. The number of hydrogen-bond acceptors (Lipinski definition) is 5. The first-order valence-corrected chi connectivity index (χ1v) is 11.8. The van der Waals surface area contributed by atoms with Gasteiger partial charge in [0.1, 0.15) is 5.75 Å². The van der Waals surface area contributed by atoms with Crippen molar-refractivity contribution in [2.45, 2.75) is 50.5 Å². The van der Waals surface area contributed by atoms with Gasteiger partial charge in [-0.25, -0.2) is 0 Å². The van der Waals surface area contributed by atoms with Gasteiger partial charge in [0.05, 0.1) is 32.0 Å². The van der Waals surface area contributed by atoms with Crippen LogP contribution in [0.5, 0.6) is 5.75 Å². The fraction of sp³-hybridized carbons (Fsp3) is 0.444. The predicted molar refractivity (Wildman–Crippen MR) is 128 cm³/mol. The summed E-state index contributed by atoms with van der Waals surface area (Å²) in [6, 6.07) is 15.7. The van der Waals surface area contributed by atoms with Crippen LogP contribution in [0.1, 0.15) is 48.6 Å². The van der Waals surface area contributed by atoms with Gasteiger partial charge < -0.3 is 25.2 Å². The molecule has 2 bridgehead atoms. The molecule has 1 amide bonds. The summed E-state index contributed by atoms with van der Waals surface area (Å²) < 4.78 is 11.6. The number of allylic oxidation sites excluding steroid dienone is 1. The highest BCUT2D eigenvalue weighted by Gasteiger charge is 2.33. The quantitative estimate of drug-likeness (QED) is 0.624. The lowest BCUT2D eigenvalue weighted by Crippen LogP contribution is -2.50. The summed E-state index contributed by atoms with van der Waals surface area (Å²) in [6.45, 7) is 2.77.